The SMILES string of the molecule is CC(C)(C)OC(=O)N1CC(Nc2cc(-c3ccsc3)ncn2)C1. The second kappa shape index (κ2) is 6.16. The van der Waals surface area contributed by atoms with Gasteiger partial charge < -0.3 is 15.0 Å². The predicted octanol–water partition coefficient (Wildman–Crippen LogP) is 3.24. The van der Waals surface area contributed by atoms with Crippen LogP contribution in [0.15, 0.2) is 29.2 Å². The van der Waals surface area contributed by atoms with Crippen molar-refractivity contribution in [3.8, 4) is 11.3 Å². The van der Waals surface area contributed by atoms with Crippen LogP contribution in [0.4, 0.5) is 10.6 Å². The molecule has 1 aliphatic heterocycles. The first-order valence-corrected chi connectivity index (χ1v) is 8.44. The summed E-state index contributed by atoms with van der Waals surface area (Å²) in [5, 5.41) is 7.41. The molecule has 1 saturated heterocycles. The summed E-state index contributed by atoms with van der Waals surface area (Å²) in [6.45, 7) is 6.84. The Morgan fingerprint density at radius 3 is 2.83 bits per heavy atom. The lowest BCUT2D eigenvalue weighted by molar-refractivity contribution is 0.0104. The van der Waals surface area contributed by atoms with Crippen LogP contribution >= 0.6 is 11.3 Å². The van der Waals surface area contributed by atoms with Gasteiger partial charge >= 0.3 is 6.09 Å². The fourth-order valence-corrected chi connectivity index (χ4v) is 2.91. The first kappa shape index (κ1) is 15.7. The van der Waals surface area contributed by atoms with E-state index in [9.17, 15) is 4.79 Å². The molecule has 0 bridgehead atoms. The molecule has 1 fully saturated rings. The smallest absolute Gasteiger partial charge is 0.410 e. The van der Waals surface area contributed by atoms with E-state index >= 15 is 0 Å². The van der Waals surface area contributed by atoms with Gasteiger partial charge in [0.25, 0.3) is 0 Å². The van der Waals surface area contributed by atoms with Crippen molar-refractivity contribution in [1.29, 1.82) is 0 Å². The number of ether oxygens (including phenoxy) is 1. The van der Waals surface area contributed by atoms with Gasteiger partial charge in [-0.25, -0.2) is 14.8 Å². The number of nitrogens with zero attached hydrogens (tertiary/aromatic N) is 3. The number of thiophene rings is 1. The van der Waals surface area contributed by atoms with Crippen molar-refractivity contribution in [3.63, 3.8) is 0 Å². The van der Waals surface area contributed by atoms with E-state index in [4.69, 9.17) is 4.74 Å². The molecular weight excluding hydrogens is 312 g/mol. The van der Waals surface area contributed by atoms with E-state index < -0.39 is 5.60 Å². The number of amides is 1. The van der Waals surface area contributed by atoms with E-state index in [0.717, 1.165) is 17.1 Å². The minimum Gasteiger partial charge on any atom is -0.444 e. The molecule has 3 rings (SSSR count). The molecule has 0 radical (unpaired) electrons. The molecule has 3 heterocycles. The van der Waals surface area contributed by atoms with E-state index in [0.29, 0.717) is 13.1 Å². The average Bonchev–Trinajstić information content (AvgIpc) is 2.94. The number of hydrogen-bond acceptors (Lipinski definition) is 6. The Bertz CT molecular complexity index is 676. The molecule has 0 atom stereocenters. The average molecular weight is 332 g/mol. The zero-order chi connectivity index (χ0) is 16.4. The number of rotatable bonds is 3. The van der Waals surface area contributed by atoms with Gasteiger partial charge in [0.1, 0.15) is 17.7 Å². The van der Waals surface area contributed by atoms with E-state index in [1.807, 2.05) is 38.3 Å². The molecule has 23 heavy (non-hydrogen) atoms. The van der Waals surface area contributed by atoms with Crippen LogP contribution in [0.3, 0.4) is 0 Å². The third-order valence-corrected chi connectivity index (χ3v) is 4.05. The molecule has 0 unspecified atom stereocenters. The Labute approximate surface area is 139 Å². The molecule has 1 amide bonds. The Kier molecular flexibility index (Phi) is 4.21. The molecule has 2 aromatic heterocycles. The minimum atomic E-state index is -0.461. The zero-order valence-corrected chi connectivity index (χ0v) is 14.3. The highest BCUT2D eigenvalue weighted by molar-refractivity contribution is 7.08. The standard InChI is InChI=1S/C16H20N4O2S/c1-16(2,3)22-15(21)20-7-12(8-20)19-14-6-13(17-10-18-14)11-4-5-23-9-11/h4-6,9-10,12H,7-8H2,1-3H3,(H,17,18,19). The van der Waals surface area contributed by atoms with E-state index in [1.165, 1.54) is 0 Å². The third-order valence-electron chi connectivity index (χ3n) is 3.37. The molecule has 1 N–H and O–H groups in total. The van der Waals surface area contributed by atoms with E-state index in [2.05, 4.69) is 20.7 Å². The predicted molar refractivity (Wildman–Crippen MR) is 90.6 cm³/mol. The van der Waals surface area contributed by atoms with Gasteiger partial charge in [0.05, 0.1) is 11.7 Å². The van der Waals surface area contributed by atoms with Crippen molar-refractivity contribution in [2.75, 3.05) is 18.4 Å². The second-order valence-electron chi connectivity index (χ2n) is 6.53. The van der Waals surface area contributed by atoms with Gasteiger partial charge in [-0.2, -0.15) is 11.3 Å². The minimum absolute atomic E-state index is 0.188. The van der Waals surface area contributed by atoms with Crippen LogP contribution in [-0.4, -0.2) is 45.7 Å². The van der Waals surface area contributed by atoms with E-state index in [-0.39, 0.29) is 12.1 Å². The number of likely N-dealkylation sites (tertiary alicyclic amines) is 1. The molecule has 0 spiro atoms. The summed E-state index contributed by atoms with van der Waals surface area (Å²) in [5.41, 5.74) is 1.52. The van der Waals surface area contributed by atoms with Crippen molar-refractivity contribution in [2.45, 2.75) is 32.4 Å². The molecule has 2 aromatic rings. The van der Waals surface area contributed by atoms with Crippen molar-refractivity contribution in [2.24, 2.45) is 0 Å². The summed E-state index contributed by atoms with van der Waals surface area (Å²) in [5.74, 6) is 0.773. The lowest BCUT2D eigenvalue weighted by Gasteiger charge is -2.40. The number of aromatic nitrogens is 2. The zero-order valence-electron chi connectivity index (χ0n) is 13.4. The van der Waals surface area contributed by atoms with Gasteiger partial charge in [0, 0.05) is 30.1 Å². The summed E-state index contributed by atoms with van der Waals surface area (Å²) >= 11 is 1.64. The monoisotopic (exact) mass is 332 g/mol. The summed E-state index contributed by atoms with van der Waals surface area (Å²) < 4.78 is 5.34. The Balaban J connectivity index is 1.54. The normalized spacial score (nSPS) is 15.2. The first-order chi connectivity index (χ1) is 10.9. The van der Waals surface area contributed by atoms with Crippen LogP contribution in [0.1, 0.15) is 20.8 Å². The quantitative estimate of drug-likeness (QED) is 0.934. The van der Waals surface area contributed by atoms with Crippen LogP contribution in [0.2, 0.25) is 0 Å². The fourth-order valence-electron chi connectivity index (χ4n) is 2.26. The lowest BCUT2D eigenvalue weighted by Crippen LogP contribution is -2.58. The Morgan fingerprint density at radius 1 is 1.39 bits per heavy atom. The van der Waals surface area contributed by atoms with Crippen LogP contribution in [0, 0.1) is 0 Å². The molecule has 0 aliphatic carbocycles. The molecule has 1 aliphatic rings. The molecule has 6 nitrogen and oxygen atoms in total. The van der Waals surface area contributed by atoms with Gasteiger partial charge in [-0.3, -0.25) is 0 Å². The number of nitrogens with one attached hydrogen (secondary N) is 1. The molecule has 0 saturated carbocycles. The summed E-state index contributed by atoms with van der Waals surface area (Å²) in [4.78, 5) is 22.1. The highest BCUT2D eigenvalue weighted by Crippen LogP contribution is 2.23. The van der Waals surface area contributed by atoms with Crippen LogP contribution in [-0.2, 0) is 4.74 Å². The largest absolute Gasteiger partial charge is 0.444 e. The van der Waals surface area contributed by atoms with Crippen molar-refractivity contribution >= 4 is 23.2 Å². The summed E-state index contributed by atoms with van der Waals surface area (Å²) in [6.07, 6.45) is 1.29. The molecular formula is C16H20N4O2S. The lowest BCUT2D eigenvalue weighted by atomic mass is 10.1. The molecule has 122 valence electrons. The Morgan fingerprint density at radius 2 is 2.17 bits per heavy atom. The maximum Gasteiger partial charge on any atom is 0.410 e. The van der Waals surface area contributed by atoms with Crippen molar-refractivity contribution in [1.82, 2.24) is 14.9 Å². The summed E-state index contributed by atoms with van der Waals surface area (Å²) in [7, 11) is 0. The number of carbonyl (C=O) groups excluding carboxylic acids is 1. The van der Waals surface area contributed by atoms with Gasteiger partial charge in [-0.05, 0) is 32.2 Å². The number of hydrogen-bond donors (Lipinski definition) is 1. The van der Waals surface area contributed by atoms with Crippen molar-refractivity contribution < 1.29 is 9.53 Å². The van der Waals surface area contributed by atoms with Gasteiger partial charge in [0.15, 0.2) is 0 Å². The number of carbonyl (C=O) groups is 1. The highest BCUT2D eigenvalue weighted by Gasteiger charge is 2.33. The van der Waals surface area contributed by atoms with Crippen LogP contribution < -0.4 is 5.32 Å². The first-order valence-electron chi connectivity index (χ1n) is 7.50. The third kappa shape index (κ3) is 3.98. The molecule has 7 heteroatoms. The Hall–Kier alpha value is -2.15. The topological polar surface area (TPSA) is 67.3 Å². The van der Waals surface area contributed by atoms with Gasteiger partial charge in [-0.15, -0.1) is 0 Å². The maximum absolute atomic E-state index is 11.9. The highest BCUT2D eigenvalue weighted by atomic mass is 32.1. The van der Waals surface area contributed by atoms with Crippen LogP contribution in [0.5, 0.6) is 0 Å². The molecule has 0 aromatic carbocycles. The summed E-state index contributed by atoms with van der Waals surface area (Å²) in [6, 6.07) is 4.15. The van der Waals surface area contributed by atoms with Crippen molar-refractivity contribution in [3.05, 3.63) is 29.2 Å². The van der Waals surface area contributed by atoms with Gasteiger partial charge in [0.2, 0.25) is 0 Å². The maximum atomic E-state index is 11.9. The fraction of sp³-hybridized carbons (Fsp3) is 0.438. The van der Waals surface area contributed by atoms with E-state index in [1.54, 1.807) is 22.6 Å². The van der Waals surface area contributed by atoms with Gasteiger partial charge in [-0.1, -0.05) is 0 Å². The van der Waals surface area contributed by atoms with Crippen LogP contribution in [0.25, 0.3) is 11.3 Å². The second-order valence-corrected chi connectivity index (χ2v) is 7.31. The number of anilines is 1.